The lowest BCUT2D eigenvalue weighted by Crippen LogP contribution is -2.50. The molecule has 2 N–H and O–H groups in total. The molecule has 0 atom stereocenters. The van der Waals surface area contributed by atoms with E-state index in [4.69, 9.17) is 0 Å². The summed E-state index contributed by atoms with van der Waals surface area (Å²) in [5.41, 5.74) is 0.861. The molecule has 0 aromatic carbocycles. The quantitative estimate of drug-likeness (QED) is 0.375. The van der Waals surface area contributed by atoms with Crippen LogP contribution in [-0.4, -0.2) is 71.8 Å². The van der Waals surface area contributed by atoms with Crippen LogP contribution in [0.5, 0.6) is 0 Å². The van der Waals surface area contributed by atoms with Gasteiger partial charge in [0.25, 0.3) is 0 Å². The highest BCUT2D eigenvalue weighted by atomic mass is 32.2. The van der Waals surface area contributed by atoms with Crippen LogP contribution in [0.3, 0.4) is 0 Å². The van der Waals surface area contributed by atoms with Gasteiger partial charge in [-0.2, -0.15) is 0 Å². The Labute approximate surface area is 172 Å². The number of guanidine groups is 1. The molecule has 0 radical (unpaired) electrons. The molecule has 10 heteroatoms. The highest BCUT2D eigenvalue weighted by Crippen LogP contribution is 2.15. The third-order valence-electron chi connectivity index (χ3n) is 5.13. The van der Waals surface area contributed by atoms with Crippen molar-refractivity contribution >= 4 is 21.6 Å². The monoisotopic (exact) mass is 421 g/mol. The molecule has 1 saturated heterocycles. The topological polar surface area (TPSA) is 104 Å². The average molecular weight is 422 g/mol. The van der Waals surface area contributed by atoms with Gasteiger partial charge >= 0.3 is 0 Å². The molecule has 0 aliphatic carbocycles. The summed E-state index contributed by atoms with van der Waals surface area (Å²) in [5, 5.41) is 15.2. The van der Waals surface area contributed by atoms with Crippen LogP contribution in [0.4, 0.5) is 0 Å². The Balaban J connectivity index is 1.40. The Bertz CT molecular complexity index is 918. The van der Waals surface area contributed by atoms with Gasteiger partial charge in [0, 0.05) is 45.3 Å². The number of nitrogens with zero attached hydrogens (tertiary/aromatic N) is 5. The van der Waals surface area contributed by atoms with Crippen molar-refractivity contribution in [2.45, 2.75) is 45.1 Å². The lowest BCUT2D eigenvalue weighted by molar-refractivity contribution is 0.306. The summed E-state index contributed by atoms with van der Waals surface area (Å²) >= 11 is 0. The number of nitrogens with one attached hydrogen (secondary N) is 2. The number of rotatable bonds is 8. The molecule has 1 aliphatic rings. The van der Waals surface area contributed by atoms with E-state index in [0.29, 0.717) is 19.5 Å². The molecular formula is C19H31N7O2S. The van der Waals surface area contributed by atoms with E-state index in [1.54, 1.807) is 11.4 Å². The van der Waals surface area contributed by atoms with Crippen molar-refractivity contribution in [2.75, 3.05) is 32.4 Å². The van der Waals surface area contributed by atoms with E-state index in [2.05, 4.69) is 25.8 Å². The fraction of sp³-hybridized carbons (Fsp3) is 0.632. The zero-order chi connectivity index (χ0) is 20.7. The second-order valence-electron chi connectivity index (χ2n) is 7.28. The molecule has 1 fully saturated rings. The van der Waals surface area contributed by atoms with Crippen molar-refractivity contribution in [3.63, 3.8) is 0 Å². The fourth-order valence-electron chi connectivity index (χ4n) is 3.57. The summed E-state index contributed by atoms with van der Waals surface area (Å²) < 4.78 is 28.0. The van der Waals surface area contributed by atoms with Crippen LogP contribution in [0.25, 0.3) is 5.65 Å². The molecule has 9 nitrogen and oxygen atoms in total. The Kier molecular flexibility index (Phi) is 7.43. The van der Waals surface area contributed by atoms with Gasteiger partial charge in [-0.1, -0.05) is 13.0 Å². The van der Waals surface area contributed by atoms with Crippen LogP contribution in [0.15, 0.2) is 29.4 Å². The highest BCUT2D eigenvalue weighted by Gasteiger charge is 2.27. The molecule has 2 aromatic rings. The minimum atomic E-state index is -3.10. The first-order chi connectivity index (χ1) is 14.0. The summed E-state index contributed by atoms with van der Waals surface area (Å²) in [6.45, 7) is 3.80. The number of hydrogen-bond acceptors (Lipinski definition) is 5. The molecule has 3 heterocycles. The SMILES string of the molecule is CCCS(=O)(=O)N1CCC(NC(=NC)NCCCc2nnc3ccccn23)CC1. The normalized spacial score (nSPS) is 17.0. The van der Waals surface area contributed by atoms with Crippen molar-refractivity contribution in [1.29, 1.82) is 0 Å². The third kappa shape index (κ3) is 5.66. The molecule has 0 bridgehead atoms. The van der Waals surface area contributed by atoms with Gasteiger partial charge in [-0.15, -0.1) is 10.2 Å². The number of pyridine rings is 1. The number of piperidine rings is 1. The average Bonchev–Trinajstić information content (AvgIpc) is 3.14. The number of sulfonamides is 1. The molecule has 29 heavy (non-hydrogen) atoms. The zero-order valence-corrected chi connectivity index (χ0v) is 18.0. The minimum absolute atomic E-state index is 0.231. The van der Waals surface area contributed by atoms with Gasteiger partial charge in [-0.3, -0.25) is 9.39 Å². The van der Waals surface area contributed by atoms with E-state index in [1.807, 2.05) is 35.7 Å². The summed E-state index contributed by atoms with van der Waals surface area (Å²) in [6.07, 6.45) is 5.94. The Morgan fingerprint density at radius 2 is 2.07 bits per heavy atom. The maximum Gasteiger partial charge on any atom is 0.214 e. The Morgan fingerprint density at radius 1 is 1.28 bits per heavy atom. The standard InChI is InChI=1S/C19H31N7O2S/c1-3-15-29(27,28)25-13-9-16(10-14-25)22-19(20-2)21-11-6-8-18-24-23-17-7-4-5-12-26(17)18/h4-5,7,12,16H,3,6,8-11,13-15H2,1-2H3,(H2,20,21,22). The first kappa shape index (κ1) is 21.5. The van der Waals surface area contributed by atoms with E-state index in [0.717, 1.165) is 49.7 Å². The van der Waals surface area contributed by atoms with Crippen molar-refractivity contribution < 1.29 is 8.42 Å². The van der Waals surface area contributed by atoms with Crippen molar-refractivity contribution in [3.8, 4) is 0 Å². The van der Waals surface area contributed by atoms with Crippen LogP contribution >= 0.6 is 0 Å². The smallest absolute Gasteiger partial charge is 0.214 e. The van der Waals surface area contributed by atoms with Gasteiger partial charge in [0.2, 0.25) is 10.0 Å². The Morgan fingerprint density at radius 3 is 2.79 bits per heavy atom. The molecule has 0 saturated carbocycles. The first-order valence-electron chi connectivity index (χ1n) is 10.3. The number of aromatic nitrogens is 3. The van der Waals surface area contributed by atoms with Crippen LogP contribution in [0.2, 0.25) is 0 Å². The number of aryl methyl sites for hydroxylation is 1. The molecule has 2 aromatic heterocycles. The van der Waals surface area contributed by atoms with Gasteiger partial charge in [-0.05, 0) is 37.8 Å². The van der Waals surface area contributed by atoms with Gasteiger partial charge in [0.15, 0.2) is 11.6 Å². The largest absolute Gasteiger partial charge is 0.356 e. The van der Waals surface area contributed by atoms with E-state index in [9.17, 15) is 8.42 Å². The molecular weight excluding hydrogens is 390 g/mol. The van der Waals surface area contributed by atoms with E-state index in [-0.39, 0.29) is 11.8 Å². The van der Waals surface area contributed by atoms with Gasteiger partial charge in [0.1, 0.15) is 5.82 Å². The lowest BCUT2D eigenvalue weighted by atomic mass is 10.1. The fourth-order valence-corrected chi connectivity index (χ4v) is 5.11. The summed E-state index contributed by atoms with van der Waals surface area (Å²) in [7, 11) is -1.35. The predicted molar refractivity (Wildman–Crippen MR) is 114 cm³/mol. The van der Waals surface area contributed by atoms with Gasteiger partial charge in [-0.25, -0.2) is 12.7 Å². The van der Waals surface area contributed by atoms with Crippen LogP contribution in [0, 0.1) is 0 Å². The summed E-state index contributed by atoms with van der Waals surface area (Å²) in [4.78, 5) is 4.29. The zero-order valence-electron chi connectivity index (χ0n) is 17.2. The number of fused-ring (bicyclic) bond motifs is 1. The van der Waals surface area contributed by atoms with Crippen molar-refractivity contribution in [1.82, 2.24) is 29.5 Å². The van der Waals surface area contributed by atoms with Gasteiger partial charge in [0.05, 0.1) is 5.75 Å². The minimum Gasteiger partial charge on any atom is -0.356 e. The highest BCUT2D eigenvalue weighted by molar-refractivity contribution is 7.89. The second kappa shape index (κ2) is 10.0. The van der Waals surface area contributed by atoms with Crippen molar-refractivity contribution in [3.05, 3.63) is 30.2 Å². The predicted octanol–water partition coefficient (Wildman–Crippen LogP) is 1.03. The molecule has 160 valence electrons. The molecule has 0 amide bonds. The van der Waals surface area contributed by atoms with E-state index >= 15 is 0 Å². The van der Waals surface area contributed by atoms with Crippen LogP contribution in [-0.2, 0) is 16.4 Å². The second-order valence-corrected chi connectivity index (χ2v) is 9.37. The Hall–Kier alpha value is -2.20. The van der Waals surface area contributed by atoms with E-state index in [1.165, 1.54) is 0 Å². The van der Waals surface area contributed by atoms with Crippen LogP contribution in [0.1, 0.15) is 38.4 Å². The molecule has 1 aliphatic heterocycles. The van der Waals surface area contributed by atoms with Gasteiger partial charge < -0.3 is 10.6 Å². The first-order valence-corrected chi connectivity index (χ1v) is 11.9. The number of hydrogen-bond donors (Lipinski definition) is 2. The maximum atomic E-state index is 12.2. The lowest BCUT2D eigenvalue weighted by Gasteiger charge is -2.32. The number of aliphatic imine (C=N–C) groups is 1. The molecule has 0 spiro atoms. The van der Waals surface area contributed by atoms with Crippen LogP contribution < -0.4 is 10.6 Å². The summed E-state index contributed by atoms with van der Waals surface area (Å²) in [6, 6.07) is 6.10. The molecule has 0 unspecified atom stereocenters. The summed E-state index contributed by atoms with van der Waals surface area (Å²) in [5.74, 6) is 1.94. The maximum absolute atomic E-state index is 12.2. The van der Waals surface area contributed by atoms with Crippen molar-refractivity contribution in [2.24, 2.45) is 4.99 Å². The molecule has 3 rings (SSSR count). The third-order valence-corrected chi connectivity index (χ3v) is 7.20. The van der Waals surface area contributed by atoms with E-state index < -0.39 is 10.0 Å².